The second-order valence-electron chi connectivity index (χ2n) is 4.62. The monoisotopic (exact) mass is 275 g/mol. The van der Waals surface area contributed by atoms with Gasteiger partial charge in [-0.2, -0.15) is 13.2 Å². The summed E-state index contributed by atoms with van der Waals surface area (Å²) in [6.07, 6.45) is -2.60. The number of halogens is 4. The molecule has 1 aliphatic heterocycles. The summed E-state index contributed by atoms with van der Waals surface area (Å²) in [6.45, 7) is 2.84. The first kappa shape index (κ1) is 13.4. The number of rotatable bonds is 1. The van der Waals surface area contributed by atoms with E-state index in [1.54, 1.807) is 0 Å². The Balaban J connectivity index is 2.30. The molecule has 0 aromatic heterocycles. The molecule has 1 aliphatic rings. The predicted octanol–water partition coefficient (Wildman–Crippen LogP) is 4.58. The number of alkyl halides is 3. The molecule has 98 valence electrons. The molecule has 0 spiro atoms. The first-order valence-electron chi connectivity index (χ1n) is 5.78. The molecule has 1 aromatic carbocycles. The number of aliphatic imine (C=N–C) groups is 1. The summed E-state index contributed by atoms with van der Waals surface area (Å²) in [4.78, 5) is 4.39. The molecule has 0 radical (unpaired) electrons. The van der Waals surface area contributed by atoms with Gasteiger partial charge in [0.05, 0.1) is 10.6 Å². The number of nitrogens with zero attached hydrogens (tertiary/aromatic N) is 1. The molecule has 0 saturated heterocycles. The Hall–Kier alpha value is -1.03. The quantitative estimate of drug-likeness (QED) is 0.711. The second kappa shape index (κ2) is 4.92. The maximum Gasteiger partial charge on any atom is 0.417 e. The first-order valence-corrected chi connectivity index (χ1v) is 6.16. The van der Waals surface area contributed by atoms with Crippen molar-refractivity contribution in [2.24, 2.45) is 10.9 Å². The van der Waals surface area contributed by atoms with Crippen LogP contribution in [0.4, 0.5) is 13.2 Å². The SMILES string of the molecule is CC1CCC(c2ccc(C(F)(F)F)c(Cl)c2)=NC1. The number of hydrogen-bond donors (Lipinski definition) is 0. The van der Waals surface area contributed by atoms with Crippen molar-refractivity contribution in [3.8, 4) is 0 Å². The summed E-state index contributed by atoms with van der Waals surface area (Å²) >= 11 is 5.69. The highest BCUT2D eigenvalue weighted by molar-refractivity contribution is 6.31. The Morgan fingerprint density at radius 1 is 1.33 bits per heavy atom. The summed E-state index contributed by atoms with van der Waals surface area (Å²) in [5.74, 6) is 0.540. The molecule has 0 N–H and O–H groups in total. The molecule has 1 nitrogen and oxygen atoms in total. The highest BCUT2D eigenvalue weighted by atomic mass is 35.5. The van der Waals surface area contributed by atoms with Crippen molar-refractivity contribution in [2.75, 3.05) is 6.54 Å². The van der Waals surface area contributed by atoms with E-state index < -0.39 is 11.7 Å². The van der Waals surface area contributed by atoms with Crippen LogP contribution in [0.2, 0.25) is 5.02 Å². The van der Waals surface area contributed by atoms with Crippen LogP contribution in [-0.4, -0.2) is 12.3 Å². The lowest BCUT2D eigenvalue weighted by Crippen LogP contribution is -2.15. The fraction of sp³-hybridized carbons (Fsp3) is 0.462. The second-order valence-corrected chi connectivity index (χ2v) is 5.03. The van der Waals surface area contributed by atoms with Gasteiger partial charge >= 0.3 is 6.18 Å². The minimum atomic E-state index is -4.40. The van der Waals surface area contributed by atoms with Gasteiger partial charge in [-0.1, -0.05) is 24.6 Å². The molecule has 0 aliphatic carbocycles. The highest BCUT2D eigenvalue weighted by Gasteiger charge is 2.33. The molecular formula is C13H13ClF3N. The molecule has 2 rings (SSSR count). The average Bonchev–Trinajstić information content (AvgIpc) is 2.28. The maximum atomic E-state index is 12.6. The predicted molar refractivity (Wildman–Crippen MR) is 66.3 cm³/mol. The van der Waals surface area contributed by atoms with Crippen LogP contribution in [0.1, 0.15) is 30.9 Å². The maximum absolute atomic E-state index is 12.6. The van der Waals surface area contributed by atoms with Gasteiger partial charge in [0.25, 0.3) is 0 Å². The summed E-state index contributed by atoms with van der Waals surface area (Å²) in [6, 6.07) is 3.83. The topological polar surface area (TPSA) is 12.4 Å². The standard InChI is InChI=1S/C13H13ClF3N/c1-8-2-5-12(18-7-8)9-3-4-10(11(14)6-9)13(15,16)17/h3-4,6,8H,2,5,7H2,1H3. The molecule has 0 saturated carbocycles. The minimum Gasteiger partial charge on any atom is -0.289 e. The normalized spacial score (nSPS) is 20.7. The Morgan fingerprint density at radius 2 is 2.06 bits per heavy atom. The molecule has 1 unspecified atom stereocenters. The Bertz CT molecular complexity index is 480. The summed E-state index contributed by atoms with van der Waals surface area (Å²) in [7, 11) is 0. The first-order chi connectivity index (χ1) is 8.38. The smallest absolute Gasteiger partial charge is 0.289 e. The lowest BCUT2D eigenvalue weighted by atomic mass is 9.95. The van der Waals surface area contributed by atoms with Crippen molar-refractivity contribution in [3.05, 3.63) is 34.3 Å². The van der Waals surface area contributed by atoms with Crippen LogP contribution < -0.4 is 0 Å². The van der Waals surface area contributed by atoms with Crippen LogP contribution in [0.5, 0.6) is 0 Å². The van der Waals surface area contributed by atoms with Crippen LogP contribution in [0.3, 0.4) is 0 Å². The molecule has 1 heterocycles. The van der Waals surface area contributed by atoms with Crippen LogP contribution in [0.15, 0.2) is 23.2 Å². The Labute approximate surface area is 109 Å². The van der Waals surface area contributed by atoms with Crippen molar-refractivity contribution >= 4 is 17.3 Å². The third-order valence-electron chi connectivity index (χ3n) is 3.08. The Morgan fingerprint density at radius 3 is 2.56 bits per heavy atom. The van der Waals surface area contributed by atoms with Crippen molar-refractivity contribution in [1.82, 2.24) is 0 Å². The summed E-state index contributed by atoms with van der Waals surface area (Å²) in [5.41, 5.74) is 0.751. The molecule has 0 bridgehead atoms. The zero-order valence-corrected chi connectivity index (χ0v) is 10.6. The zero-order valence-electron chi connectivity index (χ0n) is 9.89. The van der Waals surface area contributed by atoms with E-state index in [1.165, 1.54) is 12.1 Å². The third-order valence-corrected chi connectivity index (χ3v) is 3.39. The van der Waals surface area contributed by atoms with Gasteiger partial charge in [-0.05, 0) is 36.5 Å². The van der Waals surface area contributed by atoms with Crippen molar-refractivity contribution in [2.45, 2.75) is 25.9 Å². The highest BCUT2D eigenvalue weighted by Crippen LogP contribution is 2.35. The average molecular weight is 276 g/mol. The van der Waals surface area contributed by atoms with Gasteiger partial charge in [0.15, 0.2) is 0 Å². The van der Waals surface area contributed by atoms with Gasteiger partial charge in [0, 0.05) is 12.3 Å². The van der Waals surface area contributed by atoms with E-state index in [2.05, 4.69) is 11.9 Å². The third kappa shape index (κ3) is 2.86. The van der Waals surface area contributed by atoms with Crippen molar-refractivity contribution in [3.63, 3.8) is 0 Å². The lowest BCUT2D eigenvalue weighted by Gasteiger charge is -2.18. The van der Waals surface area contributed by atoms with Crippen molar-refractivity contribution < 1.29 is 13.2 Å². The van der Waals surface area contributed by atoms with E-state index in [0.29, 0.717) is 11.5 Å². The summed E-state index contributed by atoms with van der Waals surface area (Å²) < 4.78 is 37.7. The van der Waals surface area contributed by atoms with Gasteiger partial charge in [0.2, 0.25) is 0 Å². The van der Waals surface area contributed by atoms with Crippen LogP contribution in [0, 0.1) is 5.92 Å². The molecule has 5 heteroatoms. The van der Waals surface area contributed by atoms with E-state index in [9.17, 15) is 13.2 Å². The molecular weight excluding hydrogens is 263 g/mol. The van der Waals surface area contributed by atoms with Crippen LogP contribution >= 0.6 is 11.6 Å². The molecule has 1 aromatic rings. The van der Waals surface area contributed by atoms with Crippen LogP contribution in [-0.2, 0) is 6.18 Å². The molecule has 18 heavy (non-hydrogen) atoms. The summed E-state index contributed by atoms with van der Waals surface area (Å²) in [5, 5.41) is -0.263. The molecule has 0 fully saturated rings. The van der Waals surface area contributed by atoms with E-state index >= 15 is 0 Å². The van der Waals surface area contributed by atoms with E-state index in [0.717, 1.165) is 31.2 Å². The van der Waals surface area contributed by atoms with E-state index in [-0.39, 0.29) is 5.02 Å². The molecule has 0 amide bonds. The zero-order chi connectivity index (χ0) is 13.3. The van der Waals surface area contributed by atoms with E-state index in [1.807, 2.05) is 0 Å². The molecule has 1 atom stereocenters. The largest absolute Gasteiger partial charge is 0.417 e. The van der Waals surface area contributed by atoms with Gasteiger partial charge in [0.1, 0.15) is 0 Å². The fourth-order valence-electron chi connectivity index (χ4n) is 1.98. The van der Waals surface area contributed by atoms with Gasteiger partial charge in [-0.15, -0.1) is 0 Å². The number of hydrogen-bond acceptors (Lipinski definition) is 1. The van der Waals surface area contributed by atoms with Gasteiger partial charge in [-0.3, -0.25) is 4.99 Å². The van der Waals surface area contributed by atoms with Gasteiger partial charge in [-0.25, -0.2) is 0 Å². The lowest BCUT2D eigenvalue weighted by molar-refractivity contribution is -0.137. The van der Waals surface area contributed by atoms with Crippen molar-refractivity contribution in [1.29, 1.82) is 0 Å². The van der Waals surface area contributed by atoms with E-state index in [4.69, 9.17) is 11.6 Å². The number of benzene rings is 1. The Kier molecular flexibility index (Phi) is 3.66. The van der Waals surface area contributed by atoms with Gasteiger partial charge < -0.3 is 0 Å². The fourth-order valence-corrected chi connectivity index (χ4v) is 2.27. The van der Waals surface area contributed by atoms with Crippen LogP contribution in [0.25, 0.3) is 0 Å². The minimum absolute atomic E-state index is 0.263.